The van der Waals surface area contributed by atoms with Crippen molar-refractivity contribution in [2.24, 2.45) is 5.73 Å². The Morgan fingerprint density at radius 1 is 1.50 bits per heavy atom. The van der Waals surface area contributed by atoms with E-state index in [0.717, 1.165) is 37.1 Å². The maximum Gasteiger partial charge on any atom is 0.185 e. The molecule has 1 aliphatic rings. The Balaban J connectivity index is 2.14. The van der Waals surface area contributed by atoms with Gasteiger partial charge in [-0.3, -0.25) is 0 Å². The van der Waals surface area contributed by atoms with Crippen LogP contribution in [0.1, 0.15) is 10.6 Å². The van der Waals surface area contributed by atoms with Crippen LogP contribution >= 0.6 is 11.3 Å². The number of nitrogens with two attached hydrogens (primary N) is 1. The van der Waals surface area contributed by atoms with Crippen LogP contribution in [0.3, 0.4) is 0 Å². The van der Waals surface area contributed by atoms with Crippen molar-refractivity contribution >= 4 is 16.5 Å². The van der Waals surface area contributed by atoms with Gasteiger partial charge in [0.2, 0.25) is 0 Å². The van der Waals surface area contributed by atoms with Crippen LogP contribution < -0.4 is 10.6 Å². The molecular formula is C9H15N3OS. The molecule has 1 aromatic rings. The summed E-state index contributed by atoms with van der Waals surface area (Å²) in [5, 5.41) is 1.09. The highest BCUT2D eigenvalue weighted by molar-refractivity contribution is 7.15. The summed E-state index contributed by atoms with van der Waals surface area (Å²) < 4.78 is 5.30. The monoisotopic (exact) mass is 213 g/mol. The summed E-state index contributed by atoms with van der Waals surface area (Å²) in [4.78, 5) is 7.96. The zero-order chi connectivity index (χ0) is 9.97. The summed E-state index contributed by atoms with van der Waals surface area (Å²) in [6.07, 6.45) is 0. The predicted octanol–water partition coefficient (Wildman–Crippen LogP) is 0.747. The highest BCUT2D eigenvalue weighted by Crippen LogP contribution is 2.25. The number of rotatable bonds is 2. The fraction of sp³-hybridized carbons (Fsp3) is 0.667. The molecule has 1 aliphatic heterocycles. The molecule has 0 spiro atoms. The molecule has 2 heterocycles. The quantitative estimate of drug-likeness (QED) is 0.787. The van der Waals surface area contributed by atoms with Crippen molar-refractivity contribution in [3.05, 3.63) is 10.6 Å². The fourth-order valence-corrected chi connectivity index (χ4v) is 2.48. The predicted molar refractivity (Wildman–Crippen MR) is 57.8 cm³/mol. The number of hydrogen-bond acceptors (Lipinski definition) is 5. The zero-order valence-corrected chi connectivity index (χ0v) is 9.14. The van der Waals surface area contributed by atoms with Crippen molar-refractivity contribution in [2.45, 2.75) is 13.5 Å². The number of aromatic nitrogens is 1. The van der Waals surface area contributed by atoms with Gasteiger partial charge >= 0.3 is 0 Å². The Hall–Kier alpha value is -0.650. The Labute approximate surface area is 87.7 Å². The van der Waals surface area contributed by atoms with Gasteiger partial charge in [-0.2, -0.15) is 0 Å². The molecule has 0 saturated carbocycles. The van der Waals surface area contributed by atoms with E-state index in [1.807, 2.05) is 6.92 Å². The summed E-state index contributed by atoms with van der Waals surface area (Å²) in [7, 11) is 0. The van der Waals surface area contributed by atoms with Gasteiger partial charge in [-0.1, -0.05) is 0 Å². The van der Waals surface area contributed by atoms with Crippen LogP contribution in [0.4, 0.5) is 5.13 Å². The van der Waals surface area contributed by atoms with E-state index in [0.29, 0.717) is 6.54 Å². The van der Waals surface area contributed by atoms with Crippen LogP contribution in [0, 0.1) is 6.92 Å². The number of hydrogen-bond donors (Lipinski definition) is 1. The molecule has 2 N–H and O–H groups in total. The minimum absolute atomic E-state index is 0.591. The smallest absolute Gasteiger partial charge is 0.185 e. The van der Waals surface area contributed by atoms with Crippen LogP contribution in [0.15, 0.2) is 0 Å². The van der Waals surface area contributed by atoms with Gasteiger partial charge in [-0.25, -0.2) is 4.98 Å². The van der Waals surface area contributed by atoms with E-state index in [2.05, 4.69) is 9.88 Å². The van der Waals surface area contributed by atoms with Gasteiger partial charge in [0.1, 0.15) is 0 Å². The second kappa shape index (κ2) is 4.25. The average Bonchev–Trinajstić information content (AvgIpc) is 2.61. The number of anilines is 1. The van der Waals surface area contributed by atoms with Gasteiger partial charge in [0.25, 0.3) is 0 Å². The van der Waals surface area contributed by atoms with Gasteiger partial charge < -0.3 is 15.4 Å². The third kappa shape index (κ3) is 1.89. The number of thiazole rings is 1. The molecule has 0 amide bonds. The standard InChI is InChI=1S/C9H15N3OS/c1-7-8(6-10)14-9(11-7)12-2-4-13-5-3-12/h2-6,10H2,1H3. The maximum atomic E-state index is 5.62. The lowest BCUT2D eigenvalue weighted by atomic mass is 10.4. The molecule has 0 bridgehead atoms. The van der Waals surface area contributed by atoms with Crippen molar-refractivity contribution in [2.75, 3.05) is 31.2 Å². The fourth-order valence-electron chi connectivity index (χ4n) is 1.49. The molecule has 0 atom stereocenters. The van der Waals surface area contributed by atoms with Gasteiger partial charge in [-0.15, -0.1) is 11.3 Å². The largest absolute Gasteiger partial charge is 0.378 e. The van der Waals surface area contributed by atoms with Crippen molar-refractivity contribution in [1.29, 1.82) is 0 Å². The first-order valence-corrected chi connectivity index (χ1v) is 5.62. The number of nitrogens with zero attached hydrogens (tertiary/aromatic N) is 2. The molecule has 1 saturated heterocycles. The highest BCUT2D eigenvalue weighted by Gasteiger charge is 2.15. The molecule has 0 radical (unpaired) electrons. The lowest BCUT2D eigenvalue weighted by Gasteiger charge is -2.26. The van der Waals surface area contributed by atoms with Crippen molar-refractivity contribution in [3.8, 4) is 0 Å². The van der Waals surface area contributed by atoms with Gasteiger partial charge in [0, 0.05) is 24.5 Å². The van der Waals surface area contributed by atoms with E-state index in [1.165, 1.54) is 4.88 Å². The first-order valence-electron chi connectivity index (χ1n) is 4.80. The zero-order valence-electron chi connectivity index (χ0n) is 8.32. The van der Waals surface area contributed by atoms with E-state index in [4.69, 9.17) is 10.5 Å². The third-order valence-electron chi connectivity index (χ3n) is 2.35. The lowest BCUT2D eigenvalue weighted by Crippen LogP contribution is -2.36. The summed E-state index contributed by atoms with van der Waals surface area (Å²) in [5.74, 6) is 0. The molecule has 5 heteroatoms. The van der Waals surface area contributed by atoms with Gasteiger partial charge in [0.15, 0.2) is 5.13 Å². The maximum absolute atomic E-state index is 5.62. The van der Waals surface area contributed by atoms with Crippen molar-refractivity contribution < 1.29 is 4.74 Å². The molecule has 78 valence electrons. The topological polar surface area (TPSA) is 51.4 Å². The summed E-state index contributed by atoms with van der Waals surface area (Å²) in [6.45, 7) is 6.09. The van der Waals surface area contributed by atoms with Crippen LogP contribution in [-0.2, 0) is 11.3 Å². The van der Waals surface area contributed by atoms with E-state index in [9.17, 15) is 0 Å². The molecule has 1 aromatic heterocycles. The Morgan fingerprint density at radius 2 is 2.21 bits per heavy atom. The minimum Gasteiger partial charge on any atom is -0.378 e. The number of morpholine rings is 1. The van der Waals surface area contributed by atoms with Crippen LogP contribution in [0.25, 0.3) is 0 Å². The first-order chi connectivity index (χ1) is 6.81. The Morgan fingerprint density at radius 3 is 2.79 bits per heavy atom. The van der Waals surface area contributed by atoms with Crippen LogP contribution in [-0.4, -0.2) is 31.3 Å². The van der Waals surface area contributed by atoms with E-state index in [1.54, 1.807) is 11.3 Å². The second-order valence-corrected chi connectivity index (χ2v) is 4.37. The molecule has 14 heavy (non-hydrogen) atoms. The Kier molecular flexibility index (Phi) is 3.00. The summed E-state index contributed by atoms with van der Waals surface area (Å²) >= 11 is 1.70. The molecule has 4 nitrogen and oxygen atoms in total. The normalized spacial score (nSPS) is 17.4. The highest BCUT2D eigenvalue weighted by atomic mass is 32.1. The minimum atomic E-state index is 0.591. The molecule has 0 unspecified atom stereocenters. The molecule has 2 rings (SSSR count). The number of aryl methyl sites for hydroxylation is 1. The summed E-state index contributed by atoms with van der Waals surface area (Å²) in [5.41, 5.74) is 6.69. The average molecular weight is 213 g/mol. The molecule has 1 fully saturated rings. The molecule has 0 aliphatic carbocycles. The first kappa shape index (κ1) is 9.89. The Bertz CT molecular complexity index is 307. The molecule has 0 aromatic carbocycles. The second-order valence-electron chi connectivity index (χ2n) is 3.31. The van der Waals surface area contributed by atoms with E-state index >= 15 is 0 Å². The van der Waals surface area contributed by atoms with Gasteiger partial charge in [0.05, 0.1) is 18.9 Å². The number of ether oxygens (including phenoxy) is 1. The summed E-state index contributed by atoms with van der Waals surface area (Å²) in [6, 6.07) is 0. The van der Waals surface area contributed by atoms with E-state index in [-0.39, 0.29) is 0 Å². The van der Waals surface area contributed by atoms with E-state index < -0.39 is 0 Å². The van der Waals surface area contributed by atoms with Crippen LogP contribution in [0.5, 0.6) is 0 Å². The van der Waals surface area contributed by atoms with Crippen molar-refractivity contribution in [1.82, 2.24) is 4.98 Å². The van der Waals surface area contributed by atoms with Crippen molar-refractivity contribution in [3.63, 3.8) is 0 Å². The third-order valence-corrected chi connectivity index (χ3v) is 3.59. The lowest BCUT2D eigenvalue weighted by molar-refractivity contribution is 0.122. The molecular weight excluding hydrogens is 198 g/mol. The SMILES string of the molecule is Cc1nc(N2CCOCC2)sc1CN. The van der Waals surface area contributed by atoms with Crippen LogP contribution in [0.2, 0.25) is 0 Å². The van der Waals surface area contributed by atoms with Gasteiger partial charge in [-0.05, 0) is 6.92 Å².